The smallest absolute Gasteiger partial charge is 0.315 e. The van der Waals surface area contributed by atoms with Crippen LogP contribution >= 0.6 is 11.6 Å². The number of hydrogen-bond acceptors (Lipinski definition) is 6. The van der Waals surface area contributed by atoms with Gasteiger partial charge in [0.1, 0.15) is 23.8 Å². The van der Waals surface area contributed by atoms with Crippen LogP contribution < -0.4 is 10.6 Å². The minimum atomic E-state index is -0.920. The molecule has 0 heterocycles. The lowest BCUT2D eigenvalue weighted by molar-refractivity contribution is -0.383. The molecule has 20 heavy (non-hydrogen) atoms. The number of nitrogens with zero attached hydrogens (tertiary/aromatic N) is 1. The highest BCUT2D eigenvalue weighted by Gasteiger charge is 2.23. The van der Waals surface area contributed by atoms with Gasteiger partial charge in [-0.25, -0.2) is 0 Å². The van der Waals surface area contributed by atoms with Crippen LogP contribution in [0.1, 0.15) is 26.7 Å². The van der Waals surface area contributed by atoms with Crippen molar-refractivity contribution in [2.45, 2.75) is 39.1 Å². The van der Waals surface area contributed by atoms with Crippen LogP contribution in [0.4, 0.5) is 17.1 Å². The lowest BCUT2D eigenvalue weighted by Crippen LogP contribution is -2.20. The lowest BCUT2D eigenvalue weighted by atomic mass is 10.2. The predicted octanol–water partition coefficient (Wildman–Crippen LogP) is 2.53. The Morgan fingerprint density at radius 1 is 1.20 bits per heavy atom. The molecule has 0 fully saturated rings. The third-order valence-corrected chi connectivity index (χ3v) is 2.89. The van der Waals surface area contributed by atoms with Gasteiger partial charge in [-0.05, 0) is 25.0 Å². The number of nitrogens with one attached hydrogen (secondary N) is 2. The molecule has 0 spiro atoms. The molecule has 7 nitrogen and oxygen atoms in total. The second-order valence-corrected chi connectivity index (χ2v) is 4.68. The second kappa shape index (κ2) is 7.28. The van der Waals surface area contributed by atoms with Gasteiger partial charge in [0.2, 0.25) is 0 Å². The number of nitro benzene ring substituents is 1. The molecule has 2 atom stereocenters. The van der Waals surface area contributed by atoms with Gasteiger partial charge in [-0.3, -0.25) is 10.1 Å². The molecular formula is C12H18ClN3O4. The van der Waals surface area contributed by atoms with E-state index in [1.54, 1.807) is 13.8 Å². The Morgan fingerprint density at radius 3 is 1.90 bits per heavy atom. The number of nitro groups is 1. The van der Waals surface area contributed by atoms with E-state index in [0.29, 0.717) is 12.8 Å². The van der Waals surface area contributed by atoms with Gasteiger partial charge in [0.05, 0.1) is 4.92 Å². The number of aliphatic hydroxyl groups is 2. The number of rotatable bonds is 7. The number of halogens is 1. The van der Waals surface area contributed by atoms with Crippen molar-refractivity contribution in [3.05, 3.63) is 27.3 Å². The molecule has 4 N–H and O–H groups in total. The van der Waals surface area contributed by atoms with E-state index in [9.17, 15) is 20.3 Å². The summed E-state index contributed by atoms with van der Waals surface area (Å²) in [4.78, 5) is 10.6. The number of benzene rings is 1. The van der Waals surface area contributed by atoms with Crippen LogP contribution in [0, 0.1) is 10.1 Å². The zero-order valence-electron chi connectivity index (χ0n) is 11.3. The van der Waals surface area contributed by atoms with E-state index in [1.165, 1.54) is 12.1 Å². The third-order valence-electron chi connectivity index (χ3n) is 2.67. The Bertz CT molecular complexity index is 451. The summed E-state index contributed by atoms with van der Waals surface area (Å²) in [5.74, 6) is 0. The number of aliphatic hydroxyl groups excluding tert-OH is 2. The molecule has 0 radical (unpaired) electrons. The topological polar surface area (TPSA) is 108 Å². The van der Waals surface area contributed by atoms with Crippen LogP contribution in [0.3, 0.4) is 0 Å². The first-order valence-electron chi connectivity index (χ1n) is 6.26. The summed E-state index contributed by atoms with van der Waals surface area (Å²) in [5.41, 5.74) is -0.0697. The fourth-order valence-electron chi connectivity index (χ4n) is 1.58. The van der Waals surface area contributed by atoms with Gasteiger partial charge in [0.25, 0.3) is 0 Å². The van der Waals surface area contributed by atoms with Crippen molar-refractivity contribution >= 4 is 28.7 Å². The number of hydrogen-bond donors (Lipinski definition) is 4. The average Bonchev–Trinajstić information content (AvgIpc) is 2.37. The monoisotopic (exact) mass is 303 g/mol. The van der Waals surface area contributed by atoms with Crippen LogP contribution in [-0.4, -0.2) is 27.6 Å². The minimum absolute atomic E-state index is 0.0997. The van der Waals surface area contributed by atoms with Crippen molar-refractivity contribution in [3.63, 3.8) is 0 Å². The molecule has 0 bridgehead atoms. The molecule has 0 saturated carbocycles. The summed E-state index contributed by atoms with van der Waals surface area (Å²) in [5, 5.41) is 35.9. The normalized spacial score (nSPS) is 13.7. The zero-order chi connectivity index (χ0) is 15.3. The first-order valence-corrected chi connectivity index (χ1v) is 6.63. The van der Waals surface area contributed by atoms with Crippen LogP contribution in [0.5, 0.6) is 0 Å². The van der Waals surface area contributed by atoms with Crippen LogP contribution in [-0.2, 0) is 0 Å². The van der Waals surface area contributed by atoms with Gasteiger partial charge < -0.3 is 20.8 Å². The molecule has 0 aliphatic rings. The Labute approximate surface area is 121 Å². The first-order chi connectivity index (χ1) is 9.38. The molecule has 0 aromatic heterocycles. The van der Waals surface area contributed by atoms with E-state index in [1.807, 2.05) is 0 Å². The van der Waals surface area contributed by atoms with Crippen molar-refractivity contribution in [1.29, 1.82) is 0 Å². The summed E-state index contributed by atoms with van der Waals surface area (Å²) in [6.07, 6.45) is -1.08. The van der Waals surface area contributed by atoms with E-state index in [-0.39, 0.29) is 22.1 Å². The van der Waals surface area contributed by atoms with Crippen molar-refractivity contribution in [1.82, 2.24) is 0 Å². The Balaban J connectivity index is 3.24. The summed E-state index contributed by atoms with van der Waals surface area (Å²) in [6, 6.07) is 2.73. The molecule has 1 aromatic carbocycles. The van der Waals surface area contributed by atoms with Crippen LogP contribution in [0.15, 0.2) is 12.1 Å². The molecule has 112 valence electrons. The molecular weight excluding hydrogens is 286 g/mol. The molecule has 2 unspecified atom stereocenters. The maximum absolute atomic E-state index is 11.2. The van der Waals surface area contributed by atoms with E-state index < -0.39 is 17.4 Å². The molecule has 1 aromatic rings. The van der Waals surface area contributed by atoms with Gasteiger partial charge >= 0.3 is 5.69 Å². The quantitative estimate of drug-likeness (QED) is 0.350. The fraction of sp³-hybridized carbons (Fsp3) is 0.500. The van der Waals surface area contributed by atoms with Gasteiger partial charge in [0, 0.05) is 5.02 Å². The summed E-state index contributed by atoms with van der Waals surface area (Å²) < 4.78 is 0. The maximum atomic E-state index is 11.2. The van der Waals surface area contributed by atoms with Crippen molar-refractivity contribution in [3.8, 4) is 0 Å². The van der Waals surface area contributed by atoms with E-state index in [2.05, 4.69) is 10.6 Å². The highest BCUT2D eigenvalue weighted by atomic mass is 35.5. The summed E-state index contributed by atoms with van der Waals surface area (Å²) in [7, 11) is 0. The molecule has 1 rings (SSSR count). The molecule has 0 aliphatic heterocycles. The van der Waals surface area contributed by atoms with Crippen LogP contribution in [0.25, 0.3) is 0 Å². The van der Waals surface area contributed by atoms with E-state index >= 15 is 0 Å². The summed E-state index contributed by atoms with van der Waals surface area (Å²) in [6.45, 7) is 3.46. The van der Waals surface area contributed by atoms with Crippen molar-refractivity contribution in [2.75, 3.05) is 10.6 Å². The Hall–Kier alpha value is -1.57. The van der Waals surface area contributed by atoms with Gasteiger partial charge in [-0.2, -0.15) is 0 Å². The Kier molecular flexibility index (Phi) is 6.00. The molecule has 0 saturated heterocycles. The zero-order valence-corrected chi connectivity index (χ0v) is 12.0. The van der Waals surface area contributed by atoms with Gasteiger partial charge in [0.15, 0.2) is 0 Å². The van der Waals surface area contributed by atoms with E-state index in [0.717, 1.165) is 0 Å². The standard InChI is InChI=1S/C12H18ClN3O4/c1-3-10(17)14-8-5-7(13)6-9(12(8)16(19)20)15-11(18)4-2/h5-6,10-11,14-15,17-18H,3-4H2,1-2H3. The summed E-state index contributed by atoms with van der Waals surface area (Å²) >= 11 is 5.91. The average molecular weight is 304 g/mol. The van der Waals surface area contributed by atoms with Crippen molar-refractivity contribution < 1.29 is 15.1 Å². The number of anilines is 2. The molecule has 0 aliphatic carbocycles. The second-order valence-electron chi connectivity index (χ2n) is 4.24. The highest BCUT2D eigenvalue weighted by Crippen LogP contribution is 2.37. The van der Waals surface area contributed by atoms with Gasteiger partial charge in [-0.1, -0.05) is 25.4 Å². The molecule has 0 amide bonds. The first kappa shape index (κ1) is 16.5. The molecule has 8 heteroatoms. The van der Waals surface area contributed by atoms with Crippen molar-refractivity contribution in [2.24, 2.45) is 0 Å². The third kappa shape index (κ3) is 4.22. The lowest BCUT2D eigenvalue weighted by Gasteiger charge is -2.17. The maximum Gasteiger partial charge on any atom is 0.315 e. The Morgan fingerprint density at radius 2 is 1.60 bits per heavy atom. The fourth-order valence-corrected chi connectivity index (χ4v) is 1.80. The highest BCUT2D eigenvalue weighted by molar-refractivity contribution is 6.31. The SMILES string of the molecule is CCC(O)Nc1cc(Cl)cc(NC(O)CC)c1[N+](=O)[O-]. The largest absolute Gasteiger partial charge is 0.374 e. The minimum Gasteiger partial charge on any atom is -0.374 e. The predicted molar refractivity (Wildman–Crippen MR) is 77.9 cm³/mol. The van der Waals surface area contributed by atoms with Crippen LogP contribution in [0.2, 0.25) is 5.02 Å². The van der Waals surface area contributed by atoms with E-state index in [4.69, 9.17) is 11.6 Å². The van der Waals surface area contributed by atoms with Gasteiger partial charge in [-0.15, -0.1) is 0 Å².